The zero-order valence-electron chi connectivity index (χ0n) is 13.0. The van der Waals surface area contributed by atoms with E-state index in [2.05, 4.69) is 31.0 Å². The van der Waals surface area contributed by atoms with Crippen LogP contribution in [-0.4, -0.2) is 16.1 Å². The molecule has 1 aromatic carbocycles. The molecule has 0 amide bonds. The molecule has 110 valence electrons. The molecule has 2 aromatic rings. The third kappa shape index (κ3) is 3.30. The Hall–Kier alpha value is -2.16. The summed E-state index contributed by atoms with van der Waals surface area (Å²) in [5, 5.41) is 9.23. The predicted molar refractivity (Wildman–Crippen MR) is 84.3 cm³/mol. The Labute approximate surface area is 125 Å². The maximum absolute atomic E-state index is 11.2. The first-order valence-corrected chi connectivity index (χ1v) is 7.05. The number of nitrogens with zero attached hydrogens (tertiary/aromatic N) is 1. The second-order valence-electron chi connectivity index (χ2n) is 6.21. The van der Waals surface area contributed by atoms with Gasteiger partial charge in [-0.1, -0.05) is 18.2 Å². The number of carboxylic acid groups (broad SMARTS) is 1. The summed E-state index contributed by atoms with van der Waals surface area (Å²) in [6, 6.07) is 8.15. The van der Waals surface area contributed by atoms with Gasteiger partial charge in [0.15, 0.2) is 0 Å². The Balaban J connectivity index is 2.35. The van der Waals surface area contributed by atoms with Crippen molar-refractivity contribution in [1.82, 2.24) is 4.98 Å². The number of hydrogen-bond acceptors (Lipinski definition) is 2. The molecular formula is C18H21NO2. The lowest BCUT2D eigenvalue weighted by Crippen LogP contribution is -2.26. The largest absolute Gasteiger partial charge is 0.481 e. The molecule has 0 radical (unpaired) electrons. The fourth-order valence-electron chi connectivity index (χ4n) is 2.47. The Bertz CT molecular complexity index is 675. The van der Waals surface area contributed by atoms with E-state index in [0.29, 0.717) is 6.42 Å². The molecule has 0 atom stereocenters. The summed E-state index contributed by atoms with van der Waals surface area (Å²) in [5.74, 6) is -0.771. The Kier molecular flexibility index (Phi) is 4.12. The van der Waals surface area contributed by atoms with Crippen LogP contribution in [-0.2, 0) is 11.2 Å². The molecular weight excluding hydrogens is 262 g/mol. The van der Waals surface area contributed by atoms with Crippen molar-refractivity contribution < 1.29 is 9.90 Å². The van der Waals surface area contributed by atoms with Gasteiger partial charge in [0.05, 0.1) is 5.41 Å². The van der Waals surface area contributed by atoms with Gasteiger partial charge in [-0.3, -0.25) is 9.78 Å². The van der Waals surface area contributed by atoms with Gasteiger partial charge in [0.25, 0.3) is 0 Å². The minimum Gasteiger partial charge on any atom is -0.481 e. The summed E-state index contributed by atoms with van der Waals surface area (Å²) in [7, 11) is 0. The second kappa shape index (κ2) is 5.68. The first-order chi connectivity index (χ1) is 9.81. The lowest BCUT2D eigenvalue weighted by molar-refractivity contribution is -0.146. The van der Waals surface area contributed by atoms with Gasteiger partial charge < -0.3 is 5.11 Å². The van der Waals surface area contributed by atoms with Crippen LogP contribution in [0.1, 0.15) is 30.5 Å². The molecule has 0 unspecified atom stereocenters. The van der Waals surface area contributed by atoms with Crippen molar-refractivity contribution in [2.24, 2.45) is 5.41 Å². The number of rotatable bonds is 4. The standard InChI is InChI=1S/C18H21NO2/c1-12-7-8-19-11-16(12)15-6-5-14(9-13(15)2)10-18(3,4)17(20)21/h5-9,11H,10H2,1-4H3,(H,20,21). The number of aromatic nitrogens is 1. The maximum atomic E-state index is 11.2. The summed E-state index contributed by atoms with van der Waals surface area (Å²) in [6.07, 6.45) is 4.19. The molecule has 2 rings (SSSR count). The van der Waals surface area contributed by atoms with E-state index in [1.165, 1.54) is 5.56 Å². The van der Waals surface area contributed by atoms with Crippen molar-refractivity contribution in [2.75, 3.05) is 0 Å². The molecule has 21 heavy (non-hydrogen) atoms. The molecule has 0 aliphatic carbocycles. The summed E-state index contributed by atoms with van der Waals surface area (Å²) in [4.78, 5) is 15.4. The summed E-state index contributed by atoms with van der Waals surface area (Å²) < 4.78 is 0. The van der Waals surface area contributed by atoms with Crippen LogP contribution in [0.5, 0.6) is 0 Å². The Morgan fingerprint density at radius 1 is 1.14 bits per heavy atom. The van der Waals surface area contributed by atoms with Crippen LogP contribution in [0.3, 0.4) is 0 Å². The quantitative estimate of drug-likeness (QED) is 0.922. The van der Waals surface area contributed by atoms with Crippen LogP contribution in [0.4, 0.5) is 0 Å². The monoisotopic (exact) mass is 283 g/mol. The molecule has 0 saturated carbocycles. The first-order valence-electron chi connectivity index (χ1n) is 7.05. The van der Waals surface area contributed by atoms with Gasteiger partial charge in [0.2, 0.25) is 0 Å². The van der Waals surface area contributed by atoms with Gasteiger partial charge in [0.1, 0.15) is 0 Å². The number of carboxylic acids is 1. The highest BCUT2D eigenvalue weighted by Gasteiger charge is 2.27. The van der Waals surface area contributed by atoms with E-state index in [1.54, 1.807) is 20.0 Å². The van der Waals surface area contributed by atoms with Crippen molar-refractivity contribution in [1.29, 1.82) is 0 Å². The number of benzene rings is 1. The van der Waals surface area contributed by atoms with Crippen LogP contribution in [0.2, 0.25) is 0 Å². The smallest absolute Gasteiger partial charge is 0.309 e. The summed E-state index contributed by atoms with van der Waals surface area (Å²) in [6.45, 7) is 7.63. The number of hydrogen-bond donors (Lipinski definition) is 1. The lowest BCUT2D eigenvalue weighted by atomic mass is 9.84. The molecule has 0 fully saturated rings. The Morgan fingerprint density at radius 2 is 1.86 bits per heavy atom. The minimum absolute atomic E-state index is 0.523. The molecule has 0 bridgehead atoms. The van der Waals surface area contributed by atoms with Gasteiger partial charge in [0, 0.05) is 18.0 Å². The second-order valence-corrected chi connectivity index (χ2v) is 6.21. The third-order valence-electron chi connectivity index (χ3n) is 3.85. The van der Waals surface area contributed by atoms with Gasteiger partial charge in [-0.2, -0.15) is 0 Å². The van der Waals surface area contributed by atoms with Crippen LogP contribution in [0, 0.1) is 19.3 Å². The molecule has 1 aromatic heterocycles. The molecule has 0 spiro atoms. The average Bonchev–Trinajstić information content (AvgIpc) is 2.39. The third-order valence-corrected chi connectivity index (χ3v) is 3.85. The zero-order chi connectivity index (χ0) is 15.6. The fraction of sp³-hybridized carbons (Fsp3) is 0.333. The first kappa shape index (κ1) is 15.2. The van der Waals surface area contributed by atoms with Crippen molar-refractivity contribution in [2.45, 2.75) is 34.1 Å². The van der Waals surface area contributed by atoms with E-state index in [-0.39, 0.29) is 0 Å². The normalized spacial score (nSPS) is 11.4. The van der Waals surface area contributed by atoms with E-state index in [0.717, 1.165) is 22.3 Å². The van der Waals surface area contributed by atoms with E-state index < -0.39 is 11.4 Å². The minimum atomic E-state index is -0.771. The van der Waals surface area contributed by atoms with Crippen molar-refractivity contribution in [3.05, 3.63) is 53.3 Å². The topological polar surface area (TPSA) is 50.2 Å². The summed E-state index contributed by atoms with van der Waals surface area (Å²) >= 11 is 0. The maximum Gasteiger partial charge on any atom is 0.309 e. The molecule has 3 heteroatoms. The summed E-state index contributed by atoms with van der Waals surface area (Å²) in [5.41, 5.74) is 4.90. The van der Waals surface area contributed by atoms with Gasteiger partial charge in [-0.05, 0) is 62.4 Å². The number of pyridine rings is 1. The highest BCUT2D eigenvalue weighted by atomic mass is 16.4. The van der Waals surface area contributed by atoms with Gasteiger partial charge in [-0.25, -0.2) is 0 Å². The molecule has 1 N–H and O–H groups in total. The van der Waals surface area contributed by atoms with E-state index in [4.69, 9.17) is 0 Å². The molecule has 1 heterocycles. The van der Waals surface area contributed by atoms with Crippen LogP contribution in [0.25, 0.3) is 11.1 Å². The van der Waals surface area contributed by atoms with Crippen molar-refractivity contribution >= 4 is 5.97 Å². The fourth-order valence-corrected chi connectivity index (χ4v) is 2.47. The number of aryl methyl sites for hydroxylation is 2. The molecule has 0 saturated heterocycles. The highest BCUT2D eigenvalue weighted by Crippen LogP contribution is 2.29. The predicted octanol–water partition coefficient (Wildman–Crippen LogP) is 4.02. The van der Waals surface area contributed by atoms with Gasteiger partial charge >= 0.3 is 5.97 Å². The number of aliphatic carboxylic acids is 1. The van der Waals surface area contributed by atoms with Crippen molar-refractivity contribution in [3.63, 3.8) is 0 Å². The molecule has 0 aliphatic rings. The van der Waals surface area contributed by atoms with Gasteiger partial charge in [-0.15, -0.1) is 0 Å². The zero-order valence-corrected chi connectivity index (χ0v) is 13.0. The van der Waals surface area contributed by atoms with E-state index in [9.17, 15) is 9.90 Å². The Morgan fingerprint density at radius 3 is 2.43 bits per heavy atom. The van der Waals surface area contributed by atoms with Crippen LogP contribution < -0.4 is 0 Å². The van der Waals surface area contributed by atoms with Crippen molar-refractivity contribution in [3.8, 4) is 11.1 Å². The molecule has 0 aliphatic heterocycles. The number of carbonyl (C=O) groups is 1. The highest BCUT2D eigenvalue weighted by molar-refractivity contribution is 5.74. The van der Waals surface area contributed by atoms with Crippen LogP contribution >= 0.6 is 0 Å². The average molecular weight is 283 g/mol. The van der Waals surface area contributed by atoms with E-state index >= 15 is 0 Å². The lowest BCUT2D eigenvalue weighted by Gasteiger charge is -2.20. The molecule has 3 nitrogen and oxygen atoms in total. The van der Waals surface area contributed by atoms with Crippen LogP contribution in [0.15, 0.2) is 36.7 Å². The van der Waals surface area contributed by atoms with E-state index in [1.807, 2.05) is 18.3 Å². The SMILES string of the molecule is Cc1cc(CC(C)(C)C(=O)O)ccc1-c1cnccc1C.